The van der Waals surface area contributed by atoms with Gasteiger partial charge in [0, 0.05) is 6.42 Å². The summed E-state index contributed by atoms with van der Waals surface area (Å²) >= 11 is 0. The van der Waals surface area contributed by atoms with Crippen LogP contribution in [0.25, 0.3) is 10.8 Å². The Morgan fingerprint density at radius 1 is 0.844 bits per heavy atom. The number of benzene rings is 2. The zero-order valence-electron chi connectivity index (χ0n) is 20.2. The molecule has 0 saturated carbocycles. The molecule has 0 heterocycles. The van der Waals surface area contributed by atoms with Crippen molar-refractivity contribution in [3.8, 4) is 0 Å². The first kappa shape index (κ1) is 25.4. The fraction of sp³-hybridized carbons (Fsp3) is 0.500. The lowest BCUT2D eigenvalue weighted by atomic mass is 9.98. The molecule has 2 aromatic carbocycles. The van der Waals surface area contributed by atoms with Gasteiger partial charge >= 0.3 is 11.9 Å². The normalized spacial score (nSPS) is 13.8. The first-order valence-electron chi connectivity index (χ1n) is 11.0. The molecule has 1 amide bonds. The molecule has 0 radical (unpaired) electrons. The first-order valence-corrected chi connectivity index (χ1v) is 11.0. The second-order valence-electron chi connectivity index (χ2n) is 10.1. The Hall–Kier alpha value is -2.89. The molecular weight excluding hydrogens is 406 g/mol. The number of hydrogen-bond donors (Lipinski definition) is 1. The van der Waals surface area contributed by atoms with Crippen molar-refractivity contribution in [1.29, 1.82) is 0 Å². The highest BCUT2D eigenvalue weighted by Gasteiger charge is 2.31. The summed E-state index contributed by atoms with van der Waals surface area (Å²) in [4.78, 5) is 37.9. The minimum atomic E-state index is -0.927. The monoisotopic (exact) mass is 441 g/mol. The van der Waals surface area contributed by atoms with Crippen molar-refractivity contribution >= 4 is 28.6 Å². The number of amides is 1. The van der Waals surface area contributed by atoms with Crippen LogP contribution in [0.3, 0.4) is 0 Å². The van der Waals surface area contributed by atoms with E-state index in [4.69, 9.17) is 9.47 Å². The van der Waals surface area contributed by atoms with Gasteiger partial charge in [0.25, 0.3) is 0 Å². The zero-order chi connectivity index (χ0) is 24.1. The van der Waals surface area contributed by atoms with E-state index in [1.807, 2.05) is 49.4 Å². The van der Waals surface area contributed by atoms with E-state index in [1.54, 1.807) is 41.5 Å². The third-order valence-electron chi connectivity index (χ3n) is 4.67. The van der Waals surface area contributed by atoms with Crippen molar-refractivity contribution in [2.24, 2.45) is 5.92 Å². The number of carbonyl (C=O) groups excluding carboxylic acids is 3. The van der Waals surface area contributed by atoms with Gasteiger partial charge < -0.3 is 14.8 Å². The lowest BCUT2D eigenvalue weighted by molar-refractivity contribution is -0.168. The van der Waals surface area contributed by atoms with Crippen LogP contribution in [0.4, 0.5) is 0 Å². The molecule has 0 fully saturated rings. The summed E-state index contributed by atoms with van der Waals surface area (Å²) in [6.45, 7) is 12.4. The fourth-order valence-electron chi connectivity index (χ4n) is 3.44. The molecule has 0 bridgehead atoms. The van der Waals surface area contributed by atoms with Crippen LogP contribution in [0.15, 0.2) is 42.5 Å². The predicted octanol–water partition coefficient (Wildman–Crippen LogP) is 5.10. The molecule has 0 aliphatic heterocycles. The molecule has 0 aliphatic rings. The molecule has 0 unspecified atom stereocenters. The number of carbonyl (C=O) groups is 3. The number of esters is 2. The van der Waals surface area contributed by atoms with Crippen LogP contribution in [0, 0.1) is 5.92 Å². The third kappa shape index (κ3) is 7.98. The number of fused-ring (bicyclic) bond motifs is 1. The fourth-order valence-corrected chi connectivity index (χ4v) is 3.44. The predicted molar refractivity (Wildman–Crippen MR) is 125 cm³/mol. The van der Waals surface area contributed by atoms with Crippen LogP contribution < -0.4 is 5.32 Å². The third-order valence-corrected chi connectivity index (χ3v) is 4.67. The Morgan fingerprint density at radius 3 is 2.06 bits per heavy atom. The van der Waals surface area contributed by atoms with Crippen molar-refractivity contribution in [3.63, 3.8) is 0 Å². The number of rotatable bonds is 7. The summed E-state index contributed by atoms with van der Waals surface area (Å²) in [5.74, 6) is -2.38. The molecular formula is C26H35NO5. The molecule has 2 rings (SSSR count). The average Bonchev–Trinajstić information content (AvgIpc) is 2.64. The molecule has 1 N–H and O–H groups in total. The maximum atomic E-state index is 12.8. The van der Waals surface area contributed by atoms with E-state index < -0.39 is 29.1 Å². The smallest absolute Gasteiger partial charge is 0.310 e. The second-order valence-corrected chi connectivity index (χ2v) is 10.1. The maximum absolute atomic E-state index is 12.8. The summed E-state index contributed by atoms with van der Waals surface area (Å²) in [6, 6.07) is 13.6. The summed E-state index contributed by atoms with van der Waals surface area (Å²) in [7, 11) is 0. The van der Waals surface area contributed by atoms with Crippen LogP contribution in [-0.4, -0.2) is 29.0 Å². The topological polar surface area (TPSA) is 81.7 Å². The van der Waals surface area contributed by atoms with Crippen molar-refractivity contribution < 1.29 is 23.9 Å². The van der Waals surface area contributed by atoms with Crippen LogP contribution in [0.5, 0.6) is 0 Å². The summed E-state index contributed by atoms with van der Waals surface area (Å²) in [5, 5.41) is 5.10. The second kappa shape index (κ2) is 10.2. The van der Waals surface area contributed by atoms with Gasteiger partial charge in [0.2, 0.25) is 5.91 Å². The number of ether oxygens (including phenoxy) is 2. The van der Waals surface area contributed by atoms with Crippen LogP contribution in [0.1, 0.15) is 72.9 Å². The maximum Gasteiger partial charge on any atom is 0.310 e. The van der Waals surface area contributed by atoms with E-state index >= 15 is 0 Å². The minimum Gasteiger partial charge on any atom is -0.460 e. The van der Waals surface area contributed by atoms with E-state index in [0.29, 0.717) is 0 Å². The van der Waals surface area contributed by atoms with Gasteiger partial charge in [-0.1, -0.05) is 42.5 Å². The molecule has 2 atom stereocenters. The van der Waals surface area contributed by atoms with Crippen molar-refractivity contribution in [3.05, 3.63) is 48.0 Å². The molecule has 6 nitrogen and oxygen atoms in total. The van der Waals surface area contributed by atoms with Gasteiger partial charge in [0.1, 0.15) is 11.2 Å². The van der Waals surface area contributed by atoms with Gasteiger partial charge in [-0.2, -0.15) is 0 Å². The van der Waals surface area contributed by atoms with Crippen molar-refractivity contribution in [2.45, 2.75) is 78.6 Å². The minimum absolute atomic E-state index is 0.163. The van der Waals surface area contributed by atoms with Crippen LogP contribution >= 0.6 is 0 Å². The Kier molecular flexibility index (Phi) is 8.05. The average molecular weight is 442 g/mol. The largest absolute Gasteiger partial charge is 0.460 e. The van der Waals surface area contributed by atoms with E-state index in [9.17, 15) is 14.4 Å². The lowest BCUT2D eigenvalue weighted by Crippen LogP contribution is -2.36. The summed E-state index contributed by atoms with van der Waals surface area (Å²) < 4.78 is 10.8. The Labute approximate surface area is 190 Å². The van der Waals surface area contributed by atoms with Gasteiger partial charge in [-0.15, -0.1) is 0 Å². The van der Waals surface area contributed by atoms with Crippen LogP contribution in [0.2, 0.25) is 0 Å². The van der Waals surface area contributed by atoms with Gasteiger partial charge in [0.05, 0.1) is 18.4 Å². The van der Waals surface area contributed by atoms with Gasteiger partial charge in [-0.3, -0.25) is 14.4 Å². The van der Waals surface area contributed by atoms with Crippen molar-refractivity contribution in [1.82, 2.24) is 5.32 Å². The summed E-state index contributed by atoms with van der Waals surface area (Å²) in [5.41, 5.74) is -0.422. The Balaban J connectivity index is 2.13. The lowest BCUT2D eigenvalue weighted by Gasteiger charge is -2.25. The number of nitrogens with one attached hydrogen (secondary N) is 1. The highest BCUT2D eigenvalue weighted by molar-refractivity contribution is 5.88. The highest BCUT2D eigenvalue weighted by atomic mass is 16.6. The molecule has 2 aromatic rings. The van der Waals surface area contributed by atoms with Gasteiger partial charge in [0.15, 0.2) is 0 Å². The van der Waals surface area contributed by atoms with E-state index in [1.165, 1.54) is 0 Å². The van der Waals surface area contributed by atoms with Crippen molar-refractivity contribution in [2.75, 3.05) is 0 Å². The molecule has 0 spiro atoms. The molecule has 0 aromatic heterocycles. The van der Waals surface area contributed by atoms with Gasteiger partial charge in [-0.25, -0.2) is 0 Å². The standard InChI is InChI=1S/C26H35NO5/c1-17(20-14-10-12-18-11-8-9-13-21(18)20)27-22(28)15-19(24(30)32-26(5,6)7)16-23(29)31-25(2,3)4/h8-14,17,19H,15-16H2,1-7H3,(H,27,28)/t17-,19-/m1/s1. The van der Waals surface area contributed by atoms with E-state index in [-0.39, 0.29) is 24.8 Å². The van der Waals surface area contributed by atoms with Crippen LogP contribution in [-0.2, 0) is 23.9 Å². The molecule has 6 heteroatoms. The van der Waals surface area contributed by atoms with E-state index in [2.05, 4.69) is 5.32 Å². The quantitative estimate of drug-likeness (QED) is 0.605. The molecule has 174 valence electrons. The molecule has 32 heavy (non-hydrogen) atoms. The Morgan fingerprint density at radius 2 is 1.44 bits per heavy atom. The zero-order valence-corrected chi connectivity index (χ0v) is 20.2. The van der Waals surface area contributed by atoms with E-state index in [0.717, 1.165) is 16.3 Å². The Bertz CT molecular complexity index is 963. The highest BCUT2D eigenvalue weighted by Crippen LogP contribution is 2.25. The van der Waals surface area contributed by atoms with Gasteiger partial charge in [-0.05, 0) is 64.8 Å². The SMILES string of the molecule is C[C@@H](NC(=O)C[C@H](CC(=O)OC(C)(C)C)C(=O)OC(C)(C)C)c1cccc2ccccc12. The molecule has 0 aliphatic carbocycles. The number of hydrogen-bond acceptors (Lipinski definition) is 5. The first-order chi connectivity index (χ1) is 14.7. The summed E-state index contributed by atoms with van der Waals surface area (Å²) in [6.07, 6.45) is -0.383. The molecule has 0 saturated heterocycles.